The number of ether oxygens (including phenoxy) is 1. The molecule has 0 spiro atoms. The highest BCUT2D eigenvalue weighted by Gasteiger charge is 2.56. The molecule has 1 unspecified atom stereocenters. The quantitative estimate of drug-likeness (QED) is 0.385. The summed E-state index contributed by atoms with van der Waals surface area (Å²) in [5.74, 6) is 2.44. The molecule has 2 heterocycles. The van der Waals surface area contributed by atoms with Crippen LogP contribution in [0.5, 0.6) is 5.75 Å². The van der Waals surface area contributed by atoms with Gasteiger partial charge in [0.25, 0.3) is 5.91 Å². The van der Waals surface area contributed by atoms with Gasteiger partial charge in [0.1, 0.15) is 17.9 Å². The number of nitrogens with one attached hydrogen (secondary N) is 3. The number of carbonyl (C=O) groups is 1. The van der Waals surface area contributed by atoms with E-state index in [4.69, 9.17) is 4.74 Å². The fraction of sp³-hybridized carbons (Fsp3) is 0.606. The summed E-state index contributed by atoms with van der Waals surface area (Å²) in [6.45, 7) is 13.5. The fourth-order valence-corrected chi connectivity index (χ4v) is 7.93. The molecule has 0 aromatic heterocycles. The van der Waals surface area contributed by atoms with E-state index in [-0.39, 0.29) is 18.0 Å². The molecule has 5 aliphatic rings. The predicted molar refractivity (Wildman–Crippen MR) is 160 cm³/mol. The highest BCUT2D eigenvalue weighted by atomic mass is 19.1. The third-order valence-corrected chi connectivity index (χ3v) is 10.7. The lowest BCUT2D eigenvalue weighted by Crippen LogP contribution is -2.66. The van der Waals surface area contributed by atoms with Gasteiger partial charge in [0.15, 0.2) is 0 Å². The van der Waals surface area contributed by atoms with E-state index in [1.54, 1.807) is 12.1 Å². The molecular formula is C33H46FN5O2. The molecule has 2 aromatic rings. The first kappa shape index (κ1) is 28.4. The number of nitrogens with zero attached hydrogens (tertiary/aromatic N) is 2. The van der Waals surface area contributed by atoms with Crippen LogP contribution < -0.4 is 20.7 Å². The lowest BCUT2D eigenvalue weighted by molar-refractivity contribution is -0.119. The highest BCUT2D eigenvalue weighted by Crippen LogP contribution is 2.61. The molecular weight excluding hydrogens is 517 g/mol. The largest absolute Gasteiger partial charge is 0.497 e. The van der Waals surface area contributed by atoms with Crippen LogP contribution in [0, 0.1) is 29.0 Å². The van der Waals surface area contributed by atoms with Gasteiger partial charge in [0, 0.05) is 62.1 Å². The molecule has 2 bridgehead atoms. The molecule has 7 nitrogen and oxygen atoms in total. The van der Waals surface area contributed by atoms with Crippen LogP contribution in [0.4, 0.5) is 10.1 Å². The number of piperazine rings is 1. The molecule has 2 aromatic carbocycles. The molecule has 8 heteroatoms. The Balaban J connectivity index is 1.14. The normalized spacial score (nSPS) is 29.6. The van der Waals surface area contributed by atoms with Crippen LogP contribution in [0.15, 0.2) is 36.4 Å². The summed E-state index contributed by atoms with van der Waals surface area (Å²) in [5.41, 5.74) is 3.85. The van der Waals surface area contributed by atoms with Crippen molar-refractivity contribution in [3.8, 4) is 5.75 Å². The Morgan fingerprint density at radius 3 is 2.71 bits per heavy atom. The van der Waals surface area contributed by atoms with E-state index in [1.165, 1.54) is 26.0 Å². The summed E-state index contributed by atoms with van der Waals surface area (Å²) < 4.78 is 19.6. The smallest absolute Gasteiger partial charge is 0.254 e. The van der Waals surface area contributed by atoms with E-state index in [0.717, 1.165) is 48.3 Å². The molecule has 0 radical (unpaired) electrons. The van der Waals surface area contributed by atoms with E-state index >= 15 is 0 Å². The number of carbonyl (C=O) groups excluding carboxylic acids is 1. The third-order valence-electron chi connectivity index (χ3n) is 10.7. The zero-order valence-corrected chi connectivity index (χ0v) is 25.2. The summed E-state index contributed by atoms with van der Waals surface area (Å²) in [6, 6.07) is 11.9. The van der Waals surface area contributed by atoms with Gasteiger partial charge in [-0.25, -0.2) is 4.39 Å². The van der Waals surface area contributed by atoms with E-state index in [9.17, 15) is 9.18 Å². The third kappa shape index (κ3) is 5.46. The minimum atomic E-state index is -0.297. The van der Waals surface area contributed by atoms with E-state index in [2.05, 4.69) is 54.6 Å². The Morgan fingerprint density at radius 1 is 1.17 bits per heavy atom. The lowest BCUT2D eigenvalue weighted by atomic mass is 9.45. The van der Waals surface area contributed by atoms with Crippen molar-refractivity contribution in [3.05, 3.63) is 58.9 Å². The van der Waals surface area contributed by atoms with Crippen molar-refractivity contribution in [1.82, 2.24) is 20.4 Å². The Kier molecular flexibility index (Phi) is 7.76. The Morgan fingerprint density at radius 2 is 2.00 bits per heavy atom. The number of rotatable bonds is 9. The molecule has 3 saturated carbocycles. The second kappa shape index (κ2) is 11.2. The number of benzene rings is 2. The molecule has 7 rings (SSSR count). The second-order valence-corrected chi connectivity index (χ2v) is 13.4. The summed E-state index contributed by atoms with van der Waals surface area (Å²) in [7, 11) is 1.53. The van der Waals surface area contributed by atoms with Crippen molar-refractivity contribution in [1.29, 1.82) is 0 Å². The predicted octanol–water partition coefficient (Wildman–Crippen LogP) is 4.68. The van der Waals surface area contributed by atoms with Crippen molar-refractivity contribution < 1.29 is 13.9 Å². The average molecular weight is 564 g/mol. The standard InChI is InChI=1S/C33H46FN5O2/c1-20-18-39(13-11-35-20)32(37-30-16-24-15-28(21(30)2)33(24,3)4)36-25-7-9-27-23(14-25)19-38(31(27)40)12-10-22-6-8-26(41-5)17-29(22)34/h6-9,14,17,20-21,24,28,30,32,35-37H,10-13,15-16,18-19H2,1-5H3/t20-,21-,24+,28-,30-,32?/m0/s1. The molecule has 1 amide bonds. The van der Waals surface area contributed by atoms with Gasteiger partial charge in [-0.1, -0.05) is 26.8 Å². The molecule has 4 fully saturated rings. The lowest BCUT2D eigenvalue weighted by Gasteiger charge is -2.62. The molecule has 1 saturated heterocycles. The van der Waals surface area contributed by atoms with E-state index in [0.29, 0.717) is 54.2 Å². The van der Waals surface area contributed by atoms with Gasteiger partial charge in [-0.15, -0.1) is 0 Å². The molecule has 2 aliphatic heterocycles. The van der Waals surface area contributed by atoms with Crippen LogP contribution in [0.25, 0.3) is 0 Å². The van der Waals surface area contributed by atoms with Crippen LogP contribution in [0.1, 0.15) is 62.0 Å². The first-order valence-electron chi connectivity index (χ1n) is 15.4. The minimum Gasteiger partial charge on any atom is -0.497 e. The Labute approximate surface area is 244 Å². The maximum atomic E-state index is 14.5. The topological polar surface area (TPSA) is 68.9 Å². The van der Waals surface area contributed by atoms with Crippen molar-refractivity contribution >= 4 is 11.6 Å². The summed E-state index contributed by atoms with van der Waals surface area (Å²) in [4.78, 5) is 17.5. The summed E-state index contributed by atoms with van der Waals surface area (Å²) in [6.07, 6.45) is 3.09. The fourth-order valence-electron chi connectivity index (χ4n) is 7.93. The van der Waals surface area contributed by atoms with Gasteiger partial charge in [-0.2, -0.15) is 0 Å². The molecule has 3 aliphatic carbocycles. The Hall–Kier alpha value is -2.68. The molecule has 41 heavy (non-hydrogen) atoms. The zero-order chi connectivity index (χ0) is 28.9. The van der Waals surface area contributed by atoms with Crippen LogP contribution in [-0.4, -0.2) is 67.4 Å². The van der Waals surface area contributed by atoms with Gasteiger partial charge in [-0.05, 0) is 84.7 Å². The first-order valence-corrected chi connectivity index (χ1v) is 15.4. The molecule has 6 atom stereocenters. The van der Waals surface area contributed by atoms with Crippen LogP contribution in [-0.2, 0) is 13.0 Å². The molecule has 222 valence electrons. The van der Waals surface area contributed by atoms with Crippen molar-refractivity contribution in [2.45, 2.75) is 71.9 Å². The number of halogens is 1. The van der Waals surface area contributed by atoms with Gasteiger partial charge >= 0.3 is 0 Å². The second-order valence-electron chi connectivity index (χ2n) is 13.4. The maximum absolute atomic E-state index is 14.5. The van der Waals surface area contributed by atoms with E-state index < -0.39 is 0 Å². The number of hydrogen-bond acceptors (Lipinski definition) is 6. The van der Waals surface area contributed by atoms with Crippen molar-refractivity contribution in [2.75, 3.05) is 38.6 Å². The van der Waals surface area contributed by atoms with Gasteiger partial charge in [0.2, 0.25) is 0 Å². The summed E-state index contributed by atoms with van der Waals surface area (Å²) in [5, 5.41) is 11.4. The molecule has 3 N–H and O–H groups in total. The van der Waals surface area contributed by atoms with Crippen molar-refractivity contribution in [3.63, 3.8) is 0 Å². The van der Waals surface area contributed by atoms with E-state index in [1.807, 2.05) is 17.0 Å². The van der Waals surface area contributed by atoms with Crippen LogP contribution in [0.2, 0.25) is 0 Å². The monoisotopic (exact) mass is 563 g/mol. The number of amides is 1. The number of anilines is 1. The number of methoxy groups -OCH3 is 1. The maximum Gasteiger partial charge on any atom is 0.254 e. The highest BCUT2D eigenvalue weighted by molar-refractivity contribution is 5.98. The van der Waals surface area contributed by atoms with Gasteiger partial charge < -0.3 is 20.3 Å². The number of fused-ring (bicyclic) bond motifs is 3. The van der Waals surface area contributed by atoms with Gasteiger partial charge in [0.05, 0.1) is 7.11 Å². The number of hydrogen-bond donors (Lipinski definition) is 3. The van der Waals surface area contributed by atoms with Crippen LogP contribution in [0.3, 0.4) is 0 Å². The minimum absolute atomic E-state index is 0.0175. The SMILES string of the molecule is COc1ccc(CCN2Cc3cc(NC(N[C@H]4C[C@H]5C[C@@H]([C@@H]4C)C5(C)C)N4CCN[C@@H](C)C4)ccc3C2=O)c(F)c1. The van der Waals surface area contributed by atoms with Crippen LogP contribution >= 0.6 is 0 Å². The average Bonchev–Trinajstić information content (AvgIpc) is 3.26. The van der Waals surface area contributed by atoms with Gasteiger partial charge in [-0.3, -0.25) is 15.0 Å². The van der Waals surface area contributed by atoms with Crippen molar-refractivity contribution in [2.24, 2.45) is 23.2 Å². The first-order chi connectivity index (χ1) is 19.6. The summed E-state index contributed by atoms with van der Waals surface area (Å²) >= 11 is 0. The zero-order valence-electron chi connectivity index (χ0n) is 25.2. The Bertz CT molecular complexity index is 1280.